The predicted octanol–water partition coefficient (Wildman–Crippen LogP) is 3.09. The fraction of sp³-hybridized carbons (Fsp3) is 0.312. The van der Waals surface area contributed by atoms with E-state index in [0.29, 0.717) is 12.0 Å². The molecular weight excluding hydrogens is 224 g/mol. The quantitative estimate of drug-likeness (QED) is 0.490. The number of Topliss-reactive ketones (excluding diaryl/α,β-unsaturated/α-hetero) is 1. The summed E-state index contributed by atoms with van der Waals surface area (Å²) < 4.78 is 0. The molecule has 0 heterocycles. The lowest BCUT2D eigenvalue weighted by Crippen LogP contribution is -2.04. The molecule has 2 atom stereocenters. The second-order valence-corrected chi connectivity index (χ2v) is 5.11. The Morgan fingerprint density at radius 3 is 2.89 bits per heavy atom. The minimum absolute atomic E-state index is 0.104. The molecule has 0 aromatic heterocycles. The summed E-state index contributed by atoms with van der Waals surface area (Å²) in [7, 11) is 0. The number of allylic oxidation sites excluding steroid dienone is 2. The summed E-state index contributed by atoms with van der Waals surface area (Å²) in [5, 5.41) is 9.24. The van der Waals surface area contributed by atoms with Crippen molar-refractivity contribution >= 4 is 5.78 Å². The Morgan fingerprint density at radius 1 is 1.33 bits per heavy atom. The summed E-state index contributed by atoms with van der Waals surface area (Å²) in [6, 6.07) is 6.32. The van der Waals surface area contributed by atoms with Crippen molar-refractivity contribution in [2.75, 3.05) is 0 Å². The van der Waals surface area contributed by atoms with Crippen molar-refractivity contribution in [1.82, 2.24) is 0 Å². The van der Waals surface area contributed by atoms with E-state index in [0.717, 1.165) is 19.1 Å². The third-order valence-corrected chi connectivity index (χ3v) is 4.25. The Bertz CT molecular complexity index is 554. The Hall–Kier alpha value is -1.83. The molecule has 1 aromatic carbocycles. The van der Waals surface area contributed by atoms with Gasteiger partial charge in [0, 0.05) is 17.9 Å². The molecule has 0 spiro atoms. The lowest BCUT2D eigenvalue weighted by molar-refractivity contribution is -0.114. The first-order valence-electron chi connectivity index (χ1n) is 6.35. The van der Waals surface area contributed by atoms with Gasteiger partial charge in [-0.2, -0.15) is 0 Å². The molecule has 2 unspecified atom stereocenters. The number of ketones is 1. The maximum atomic E-state index is 11.8. The second-order valence-electron chi connectivity index (χ2n) is 5.11. The van der Waals surface area contributed by atoms with Gasteiger partial charge >= 0.3 is 0 Å². The van der Waals surface area contributed by atoms with Crippen molar-refractivity contribution < 1.29 is 9.90 Å². The van der Waals surface area contributed by atoms with Crippen molar-refractivity contribution in [2.24, 2.45) is 5.92 Å². The highest BCUT2D eigenvalue weighted by molar-refractivity contribution is 5.99. The van der Waals surface area contributed by atoms with Gasteiger partial charge in [0.2, 0.25) is 0 Å². The number of aliphatic hydroxyl groups excluding tert-OH is 1. The first-order valence-corrected chi connectivity index (χ1v) is 6.35. The van der Waals surface area contributed by atoms with Crippen molar-refractivity contribution in [3.05, 3.63) is 59.4 Å². The SMILES string of the molecule is C=CCc1cccc2c1CC1/C(=C/O)C(=O)CC21. The average molecular weight is 240 g/mol. The number of hydrogen-bond acceptors (Lipinski definition) is 2. The van der Waals surface area contributed by atoms with Crippen molar-refractivity contribution in [1.29, 1.82) is 0 Å². The highest BCUT2D eigenvalue weighted by Gasteiger charge is 2.44. The molecule has 92 valence electrons. The van der Waals surface area contributed by atoms with Crippen LogP contribution in [0, 0.1) is 5.92 Å². The fourth-order valence-electron chi connectivity index (χ4n) is 3.45. The molecule has 1 fully saturated rings. The van der Waals surface area contributed by atoms with E-state index in [1.807, 2.05) is 6.08 Å². The Labute approximate surface area is 107 Å². The molecule has 0 radical (unpaired) electrons. The van der Waals surface area contributed by atoms with Crippen LogP contribution in [0.3, 0.4) is 0 Å². The van der Waals surface area contributed by atoms with E-state index in [1.54, 1.807) is 0 Å². The van der Waals surface area contributed by atoms with Crippen LogP contribution in [0.15, 0.2) is 42.7 Å². The van der Waals surface area contributed by atoms with Crippen LogP contribution in [0.2, 0.25) is 0 Å². The predicted molar refractivity (Wildman–Crippen MR) is 70.6 cm³/mol. The molecule has 0 aliphatic heterocycles. The molecule has 0 saturated heterocycles. The summed E-state index contributed by atoms with van der Waals surface area (Å²) >= 11 is 0. The number of carbonyl (C=O) groups excluding carboxylic acids is 1. The Morgan fingerprint density at radius 2 is 2.17 bits per heavy atom. The second kappa shape index (κ2) is 4.13. The zero-order chi connectivity index (χ0) is 12.7. The van der Waals surface area contributed by atoms with Crippen LogP contribution in [0.25, 0.3) is 0 Å². The highest BCUT2D eigenvalue weighted by Crippen LogP contribution is 2.50. The summed E-state index contributed by atoms with van der Waals surface area (Å²) in [6.07, 6.45) is 5.22. The maximum Gasteiger partial charge on any atom is 0.162 e. The molecule has 1 aromatic rings. The standard InChI is InChI=1S/C16H16O2/c1-2-4-10-5-3-6-11-12(10)7-13-14(11)8-16(18)15(13)9-17/h2-3,5-6,9,13-14,17H,1,4,7-8H2/b15-9-. The van der Waals surface area contributed by atoms with Crippen LogP contribution in [0.5, 0.6) is 0 Å². The lowest BCUT2D eigenvalue weighted by Gasteiger charge is -2.09. The van der Waals surface area contributed by atoms with E-state index in [9.17, 15) is 9.90 Å². The summed E-state index contributed by atoms with van der Waals surface area (Å²) in [4.78, 5) is 11.8. The maximum absolute atomic E-state index is 11.8. The third kappa shape index (κ3) is 1.45. The van der Waals surface area contributed by atoms with Crippen LogP contribution < -0.4 is 0 Å². The normalized spacial score (nSPS) is 27.3. The van der Waals surface area contributed by atoms with Crippen LogP contribution in [0.4, 0.5) is 0 Å². The smallest absolute Gasteiger partial charge is 0.162 e. The van der Waals surface area contributed by atoms with Gasteiger partial charge in [-0.15, -0.1) is 6.58 Å². The summed E-state index contributed by atoms with van der Waals surface area (Å²) in [6.45, 7) is 3.79. The van der Waals surface area contributed by atoms with E-state index in [4.69, 9.17) is 0 Å². The van der Waals surface area contributed by atoms with Crippen LogP contribution in [-0.2, 0) is 17.6 Å². The average Bonchev–Trinajstić information content (AvgIpc) is 2.85. The number of benzene rings is 1. The van der Waals surface area contributed by atoms with Crippen LogP contribution in [-0.4, -0.2) is 10.9 Å². The van der Waals surface area contributed by atoms with Gasteiger partial charge in [0.25, 0.3) is 0 Å². The van der Waals surface area contributed by atoms with Crippen LogP contribution >= 0.6 is 0 Å². The molecule has 2 aliphatic carbocycles. The molecule has 0 amide bonds. The minimum Gasteiger partial charge on any atom is -0.515 e. The molecule has 18 heavy (non-hydrogen) atoms. The molecule has 0 bridgehead atoms. The number of fused-ring (bicyclic) bond motifs is 3. The molecule has 3 rings (SSSR count). The van der Waals surface area contributed by atoms with Gasteiger partial charge in [-0.1, -0.05) is 24.3 Å². The van der Waals surface area contributed by atoms with Gasteiger partial charge in [0.05, 0.1) is 6.26 Å². The van der Waals surface area contributed by atoms with E-state index in [-0.39, 0.29) is 17.6 Å². The zero-order valence-corrected chi connectivity index (χ0v) is 10.2. The topological polar surface area (TPSA) is 37.3 Å². The van der Waals surface area contributed by atoms with Gasteiger partial charge in [0.1, 0.15) is 0 Å². The molecule has 1 N–H and O–H groups in total. The van der Waals surface area contributed by atoms with Gasteiger partial charge in [0.15, 0.2) is 5.78 Å². The number of hydrogen-bond donors (Lipinski definition) is 1. The number of aliphatic hydroxyl groups is 1. The molecule has 2 heteroatoms. The fourth-order valence-corrected chi connectivity index (χ4v) is 3.45. The van der Waals surface area contributed by atoms with E-state index in [2.05, 4.69) is 24.8 Å². The van der Waals surface area contributed by atoms with Crippen molar-refractivity contribution in [3.8, 4) is 0 Å². The van der Waals surface area contributed by atoms with E-state index in [1.165, 1.54) is 16.7 Å². The molecule has 1 saturated carbocycles. The van der Waals surface area contributed by atoms with Gasteiger partial charge in [-0.05, 0) is 35.4 Å². The van der Waals surface area contributed by atoms with E-state index >= 15 is 0 Å². The number of rotatable bonds is 2. The zero-order valence-electron chi connectivity index (χ0n) is 10.2. The highest BCUT2D eigenvalue weighted by atomic mass is 16.2. The minimum atomic E-state index is 0.104. The van der Waals surface area contributed by atoms with Crippen molar-refractivity contribution in [2.45, 2.75) is 25.2 Å². The van der Waals surface area contributed by atoms with Gasteiger partial charge in [-0.3, -0.25) is 4.79 Å². The first kappa shape index (κ1) is 11.3. The van der Waals surface area contributed by atoms with Crippen LogP contribution in [0.1, 0.15) is 29.0 Å². The summed E-state index contributed by atoms with van der Waals surface area (Å²) in [5.74, 6) is 0.561. The monoisotopic (exact) mass is 240 g/mol. The molecular formula is C16H16O2. The lowest BCUT2D eigenvalue weighted by atomic mass is 9.94. The summed E-state index contributed by atoms with van der Waals surface area (Å²) in [5.41, 5.74) is 4.58. The molecule has 2 aliphatic rings. The Kier molecular flexibility index (Phi) is 2.58. The molecule has 2 nitrogen and oxygen atoms in total. The van der Waals surface area contributed by atoms with E-state index < -0.39 is 0 Å². The van der Waals surface area contributed by atoms with Gasteiger partial charge in [-0.25, -0.2) is 0 Å². The van der Waals surface area contributed by atoms with Crippen molar-refractivity contribution in [3.63, 3.8) is 0 Å². The number of carbonyl (C=O) groups is 1. The first-order chi connectivity index (χ1) is 8.76. The van der Waals surface area contributed by atoms with Gasteiger partial charge < -0.3 is 5.11 Å². The Balaban J connectivity index is 2.06. The largest absolute Gasteiger partial charge is 0.515 e. The third-order valence-electron chi connectivity index (χ3n) is 4.25.